The lowest BCUT2D eigenvalue weighted by molar-refractivity contribution is 0.399. The Bertz CT molecular complexity index is 495. The van der Waals surface area contributed by atoms with Crippen LogP contribution in [0.15, 0.2) is 21.6 Å². The van der Waals surface area contributed by atoms with Crippen LogP contribution in [-0.4, -0.2) is 22.0 Å². The van der Waals surface area contributed by atoms with Crippen molar-refractivity contribution in [2.24, 2.45) is 5.92 Å². The van der Waals surface area contributed by atoms with Crippen LogP contribution in [0.25, 0.3) is 0 Å². The molecule has 2 N–H and O–H groups in total. The van der Waals surface area contributed by atoms with E-state index in [1.165, 1.54) is 38.8 Å². The Labute approximate surface area is 128 Å². The largest absolute Gasteiger partial charge is 0.447 e. The van der Waals surface area contributed by atoms with Crippen molar-refractivity contribution in [3.63, 3.8) is 0 Å². The van der Waals surface area contributed by atoms with Crippen LogP contribution in [0.4, 0.5) is 0 Å². The van der Waals surface area contributed by atoms with Crippen LogP contribution in [0.5, 0.6) is 0 Å². The van der Waals surface area contributed by atoms with Gasteiger partial charge in [-0.15, -0.1) is 0 Å². The summed E-state index contributed by atoms with van der Waals surface area (Å²) in [6, 6.07) is 3.18. The molecule has 1 rings (SSSR count). The smallest absolute Gasteiger partial charge is 0.273 e. The molecular formula is C15H28N2O3S. The Morgan fingerprint density at radius 2 is 1.86 bits per heavy atom. The van der Waals surface area contributed by atoms with Gasteiger partial charge in [-0.2, -0.15) is 0 Å². The molecule has 1 heterocycles. The van der Waals surface area contributed by atoms with Crippen LogP contribution in [0.1, 0.15) is 51.7 Å². The van der Waals surface area contributed by atoms with Crippen LogP contribution in [0, 0.1) is 5.92 Å². The van der Waals surface area contributed by atoms with E-state index in [1.807, 2.05) is 0 Å². The molecule has 0 saturated carbocycles. The van der Waals surface area contributed by atoms with Crippen LogP contribution in [0.3, 0.4) is 0 Å². The molecule has 0 unspecified atom stereocenters. The zero-order valence-corrected chi connectivity index (χ0v) is 14.1. The number of hydrogen-bond acceptors (Lipinski definition) is 4. The van der Waals surface area contributed by atoms with Crippen LogP contribution in [0.2, 0.25) is 0 Å². The van der Waals surface area contributed by atoms with E-state index in [-0.39, 0.29) is 5.09 Å². The van der Waals surface area contributed by atoms with Gasteiger partial charge in [-0.3, -0.25) is 0 Å². The Morgan fingerprint density at radius 1 is 1.14 bits per heavy atom. The molecule has 1 aromatic heterocycles. The first-order valence-electron chi connectivity index (χ1n) is 7.68. The molecule has 122 valence electrons. The highest BCUT2D eigenvalue weighted by atomic mass is 32.2. The standard InChI is InChI=1S/C15H28N2O3S/c1-13(2)8-6-4-5-7-11-17-12-14-9-10-15(20-14)21(18,19)16-3/h9-10,13,16-17H,4-8,11-12H2,1-3H3. The van der Waals surface area contributed by atoms with Crippen LogP contribution >= 0.6 is 0 Å². The molecule has 0 saturated heterocycles. The van der Waals surface area contributed by atoms with Gasteiger partial charge in [0.25, 0.3) is 10.0 Å². The van der Waals surface area contributed by atoms with Gasteiger partial charge in [-0.1, -0.05) is 39.5 Å². The lowest BCUT2D eigenvalue weighted by Gasteiger charge is -2.05. The third-order valence-electron chi connectivity index (χ3n) is 3.35. The van der Waals surface area contributed by atoms with Gasteiger partial charge in [0.05, 0.1) is 6.54 Å². The van der Waals surface area contributed by atoms with Gasteiger partial charge in [0.15, 0.2) is 0 Å². The summed E-state index contributed by atoms with van der Waals surface area (Å²) in [5.41, 5.74) is 0. The van der Waals surface area contributed by atoms with Gasteiger partial charge in [-0.25, -0.2) is 13.1 Å². The Hall–Kier alpha value is -0.850. The molecule has 0 fully saturated rings. The maximum Gasteiger partial charge on any atom is 0.273 e. The lowest BCUT2D eigenvalue weighted by atomic mass is 10.0. The van der Waals surface area contributed by atoms with Crippen molar-refractivity contribution in [2.75, 3.05) is 13.6 Å². The van der Waals surface area contributed by atoms with E-state index in [0.29, 0.717) is 12.3 Å². The van der Waals surface area contributed by atoms with Crippen molar-refractivity contribution < 1.29 is 12.8 Å². The lowest BCUT2D eigenvalue weighted by Crippen LogP contribution is -2.18. The van der Waals surface area contributed by atoms with Crippen LogP contribution < -0.4 is 10.0 Å². The molecule has 21 heavy (non-hydrogen) atoms. The zero-order valence-electron chi connectivity index (χ0n) is 13.3. The van der Waals surface area contributed by atoms with E-state index in [1.54, 1.807) is 6.07 Å². The molecule has 0 radical (unpaired) electrons. The molecule has 0 aliphatic carbocycles. The fourth-order valence-corrected chi connectivity index (χ4v) is 2.73. The zero-order chi connectivity index (χ0) is 15.7. The summed E-state index contributed by atoms with van der Waals surface area (Å²) in [4.78, 5) is 0. The topological polar surface area (TPSA) is 71.3 Å². The van der Waals surface area contributed by atoms with Gasteiger partial charge in [0.1, 0.15) is 5.76 Å². The van der Waals surface area contributed by atoms with Gasteiger partial charge < -0.3 is 9.73 Å². The number of hydrogen-bond donors (Lipinski definition) is 2. The SMILES string of the molecule is CNS(=O)(=O)c1ccc(CNCCCCCCC(C)C)o1. The predicted octanol–water partition coefficient (Wildman–Crippen LogP) is 2.88. The highest BCUT2D eigenvalue weighted by Gasteiger charge is 2.15. The molecule has 0 spiro atoms. The quantitative estimate of drug-likeness (QED) is 0.616. The van der Waals surface area contributed by atoms with Gasteiger partial charge in [0, 0.05) is 0 Å². The Morgan fingerprint density at radius 3 is 2.52 bits per heavy atom. The summed E-state index contributed by atoms with van der Waals surface area (Å²) in [7, 11) is -2.10. The second-order valence-corrected chi connectivity index (χ2v) is 7.52. The Kier molecular flexibility index (Phi) is 8.00. The van der Waals surface area contributed by atoms with E-state index in [0.717, 1.165) is 18.9 Å². The molecular weight excluding hydrogens is 288 g/mol. The second kappa shape index (κ2) is 9.23. The third kappa shape index (κ3) is 7.11. The van der Waals surface area contributed by atoms with E-state index in [4.69, 9.17) is 4.42 Å². The van der Waals surface area contributed by atoms with Gasteiger partial charge >= 0.3 is 0 Å². The highest BCUT2D eigenvalue weighted by molar-refractivity contribution is 7.89. The normalized spacial score (nSPS) is 12.2. The molecule has 5 nitrogen and oxygen atoms in total. The van der Waals surface area contributed by atoms with E-state index < -0.39 is 10.0 Å². The maximum absolute atomic E-state index is 11.5. The van der Waals surface area contributed by atoms with Crippen molar-refractivity contribution >= 4 is 10.0 Å². The monoisotopic (exact) mass is 316 g/mol. The predicted molar refractivity (Wildman–Crippen MR) is 84.6 cm³/mol. The number of unbranched alkanes of at least 4 members (excludes halogenated alkanes) is 3. The molecule has 0 atom stereocenters. The summed E-state index contributed by atoms with van der Waals surface area (Å²) in [5, 5.41) is 3.24. The number of nitrogens with one attached hydrogen (secondary N) is 2. The second-order valence-electron chi connectivity index (χ2n) is 5.70. The summed E-state index contributed by atoms with van der Waals surface area (Å²) < 4.78 is 30.6. The minimum absolute atomic E-state index is 0.0320. The minimum Gasteiger partial charge on any atom is -0.447 e. The summed E-state index contributed by atoms with van der Waals surface area (Å²) >= 11 is 0. The number of furan rings is 1. The van der Waals surface area contributed by atoms with E-state index >= 15 is 0 Å². The van der Waals surface area contributed by atoms with Crippen molar-refractivity contribution in [3.05, 3.63) is 17.9 Å². The molecule has 0 bridgehead atoms. The average molecular weight is 316 g/mol. The number of sulfonamides is 1. The molecule has 0 aliphatic heterocycles. The first kappa shape index (κ1) is 18.2. The summed E-state index contributed by atoms with van der Waals surface area (Å²) in [5.74, 6) is 1.44. The molecule has 0 aromatic carbocycles. The minimum atomic E-state index is -3.47. The average Bonchev–Trinajstić information content (AvgIpc) is 2.91. The van der Waals surface area contributed by atoms with Crippen molar-refractivity contribution in [3.8, 4) is 0 Å². The molecule has 0 amide bonds. The maximum atomic E-state index is 11.5. The Balaban J connectivity index is 2.14. The first-order valence-corrected chi connectivity index (χ1v) is 9.17. The van der Waals surface area contributed by atoms with Crippen molar-refractivity contribution in [1.29, 1.82) is 0 Å². The molecule has 0 aliphatic rings. The molecule has 1 aromatic rings. The van der Waals surface area contributed by atoms with Gasteiger partial charge in [-0.05, 0) is 38.1 Å². The molecule has 6 heteroatoms. The van der Waals surface area contributed by atoms with Crippen molar-refractivity contribution in [2.45, 2.75) is 57.6 Å². The first-order chi connectivity index (χ1) is 9.95. The fourth-order valence-electron chi connectivity index (χ4n) is 2.07. The van der Waals surface area contributed by atoms with Gasteiger partial charge in [0.2, 0.25) is 5.09 Å². The van der Waals surface area contributed by atoms with Crippen LogP contribution in [-0.2, 0) is 16.6 Å². The third-order valence-corrected chi connectivity index (χ3v) is 4.64. The van der Waals surface area contributed by atoms with E-state index in [2.05, 4.69) is 23.9 Å². The van der Waals surface area contributed by atoms with Crippen molar-refractivity contribution in [1.82, 2.24) is 10.0 Å². The fraction of sp³-hybridized carbons (Fsp3) is 0.733. The van der Waals surface area contributed by atoms with E-state index in [9.17, 15) is 8.42 Å². The summed E-state index contributed by atoms with van der Waals surface area (Å²) in [6.07, 6.45) is 6.27. The highest BCUT2D eigenvalue weighted by Crippen LogP contribution is 2.13. The number of rotatable bonds is 11. The summed E-state index contributed by atoms with van der Waals surface area (Å²) in [6.45, 7) is 6.00.